The zero-order valence-corrected chi connectivity index (χ0v) is 11.3. The highest BCUT2D eigenvalue weighted by Gasteiger charge is 2.12. The maximum atomic E-state index is 11.1. The van der Waals surface area contributed by atoms with Crippen LogP contribution in [0.4, 0.5) is 17.3 Å². The summed E-state index contributed by atoms with van der Waals surface area (Å²) in [5.74, 6) is 1.27. The Balaban J connectivity index is 2.90. The molecule has 100 valence electrons. The van der Waals surface area contributed by atoms with Crippen LogP contribution in [0.1, 0.15) is 6.92 Å². The number of aromatic nitrogens is 1. The zero-order chi connectivity index (χ0) is 13.7. The topological polar surface area (TPSA) is 97.2 Å². The molecule has 0 saturated heterocycles. The number of pyridine rings is 1. The van der Waals surface area contributed by atoms with E-state index in [4.69, 9.17) is 0 Å². The lowest BCUT2D eigenvalue weighted by molar-refractivity contribution is -0.384. The second-order valence-electron chi connectivity index (χ2n) is 3.89. The molecule has 1 heterocycles. The molecule has 1 aromatic rings. The minimum Gasteiger partial charge on any atom is -0.373 e. The van der Waals surface area contributed by atoms with Crippen molar-refractivity contribution in [2.75, 3.05) is 29.7 Å². The fourth-order valence-corrected chi connectivity index (χ4v) is 2.26. The quantitative estimate of drug-likeness (QED) is 0.596. The second-order valence-corrected chi connectivity index (χ2v) is 5.37. The molecule has 1 aromatic heterocycles. The highest BCUT2D eigenvalue weighted by molar-refractivity contribution is 7.84. The average molecular weight is 272 g/mol. The first-order valence-electron chi connectivity index (χ1n) is 5.33. The van der Waals surface area contributed by atoms with Crippen molar-refractivity contribution in [3.8, 4) is 0 Å². The van der Waals surface area contributed by atoms with Gasteiger partial charge in [0.1, 0.15) is 11.6 Å². The summed E-state index contributed by atoms with van der Waals surface area (Å²) in [6, 6.07) is 2.64. The first-order chi connectivity index (χ1) is 8.42. The monoisotopic (exact) mass is 272 g/mol. The Morgan fingerprint density at radius 1 is 1.50 bits per heavy atom. The summed E-state index contributed by atoms with van der Waals surface area (Å²) in [7, 11) is 0.709. The molecule has 18 heavy (non-hydrogen) atoms. The van der Waals surface area contributed by atoms with Gasteiger partial charge >= 0.3 is 0 Å². The highest BCUT2D eigenvalue weighted by atomic mass is 32.2. The van der Waals surface area contributed by atoms with Crippen LogP contribution in [0, 0.1) is 10.1 Å². The summed E-state index contributed by atoms with van der Waals surface area (Å²) in [6.45, 7) is 1.85. The lowest BCUT2D eigenvalue weighted by Crippen LogP contribution is -2.23. The van der Waals surface area contributed by atoms with Crippen LogP contribution in [0.3, 0.4) is 0 Å². The number of anilines is 2. The van der Waals surface area contributed by atoms with Crippen molar-refractivity contribution >= 4 is 28.1 Å². The second kappa shape index (κ2) is 6.29. The Morgan fingerprint density at radius 2 is 2.11 bits per heavy atom. The van der Waals surface area contributed by atoms with E-state index in [0.29, 0.717) is 17.4 Å². The average Bonchev–Trinajstić information content (AvgIpc) is 2.27. The molecule has 0 saturated carbocycles. The fourth-order valence-electron chi connectivity index (χ4n) is 1.47. The Morgan fingerprint density at radius 3 is 2.61 bits per heavy atom. The first kappa shape index (κ1) is 14.4. The SMILES string of the molecule is CNc1cc([N+](=O)[O-])cc(NC(C)CS(C)=O)n1. The van der Waals surface area contributed by atoms with Crippen molar-refractivity contribution in [3.63, 3.8) is 0 Å². The smallest absolute Gasteiger partial charge is 0.276 e. The van der Waals surface area contributed by atoms with Gasteiger partial charge in [-0.1, -0.05) is 0 Å². The molecule has 0 aliphatic carbocycles. The van der Waals surface area contributed by atoms with E-state index < -0.39 is 15.7 Å². The van der Waals surface area contributed by atoms with Crippen molar-refractivity contribution in [3.05, 3.63) is 22.2 Å². The summed E-state index contributed by atoms with van der Waals surface area (Å²) in [4.78, 5) is 14.4. The molecule has 0 spiro atoms. The molecule has 0 aliphatic rings. The van der Waals surface area contributed by atoms with E-state index in [2.05, 4.69) is 15.6 Å². The van der Waals surface area contributed by atoms with Crippen molar-refractivity contribution in [2.24, 2.45) is 0 Å². The van der Waals surface area contributed by atoms with Gasteiger partial charge in [0.05, 0.1) is 17.1 Å². The minimum absolute atomic E-state index is 0.0401. The molecule has 7 nitrogen and oxygen atoms in total. The Bertz CT molecular complexity index is 466. The Labute approximate surface area is 108 Å². The van der Waals surface area contributed by atoms with Gasteiger partial charge in [0, 0.05) is 35.9 Å². The summed E-state index contributed by atoms with van der Waals surface area (Å²) in [6.07, 6.45) is 1.61. The van der Waals surface area contributed by atoms with Gasteiger partial charge in [-0.15, -0.1) is 0 Å². The number of nitro groups is 1. The molecule has 1 rings (SSSR count). The van der Waals surface area contributed by atoms with Crippen LogP contribution >= 0.6 is 0 Å². The lowest BCUT2D eigenvalue weighted by atomic mass is 10.3. The number of nitrogens with zero attached hydrogens (tertiary/aromatic N) is 2. The van der Waals surface area contributed by atoms with Crippen LogP contribution in [-0.2, 0) is 10.8 Å². The van der Waals surface area contributed by atoms with Crippen molar-refractivity contribution in [2.45, 2.75) is 13.0 Å². The van der Waals surface area contributed by atoms with Gasteiger partial charge in [0.15, 0.2) is 0 Å². The predicted octanol–water partition coefficient (Wildman–Crippen LogP) is 1.21. The highest BCUT2D eigenvalue weighted by Crippen LogP contribution is 2.20. The van der Waals surface area contributed by atoms with Crippen LogP contribution < -0.4 is 10.6 Å². The molecule has 0 aromatic carbocycles. The summed E-state index contributed by atoms with van der Waals surface area (Å²) < 4.78 is 11.1. The molecule has 8 heteroatoms. The van der Waals surface area contributed by atoms with Gasteiger partial charge < -0.3 is 10.6 Å². The zero-order valence-electron chi connectivity index (χ0n) is 10.5. The van der Waals surface area contributed by atoms with E-state index in [1.807, 2.05) is 6.92 Å². The van der Waals surface area contributed by atoms with Crippen LogP contribution in [0.15, 0.2) is 12.1 Å². The third kappa shape index (κ3) is 4.28. The van der Waals surface area contributed by atoms with E-state index in [9.17, 15) is 14.3 Å². The fraction of sp³-hybridized carbons (Fsp3) is 0.500. The van der Waals surface area contributed by atoms with Gasteiger partial charge in [-0.3, -0.25) is 14.3 Å². The van der Waals surface area contributed by atoms with Gasteiger partial charge in [-0.05, 0) is 6.92 Å². The van der Waals surface area contributed by atoms with Crippen LogP contribution in [0.5, 0.6) is 0 Å². The largest absolute Gasteiger partial charge is 0.373 e. The van der Waals surface area contributed by atoms with E-state index in [0.717, 1.165) is 0 Å². The van der Waals surface area contributed by atoms with E-state index >= 15 is 0 Å². The molecule has 0 bridgehead atoms. The lowest BCUT2D eigenvalue weighted by Gasteiger charge is -2.13. The molecule has 2 unspecified atom stereocenters. The van der Waals surface area contributed by atoms with Gasteiger partial charge in [-0.2, -0.15) is 0 Å². The van der Waals surface area contributed by atoms with Crippen molar-refractivity contribution in [1.82, 2.24) is 4.98 Å². The predicted molar refractivity (Wildman–Crippen MR) is 72.5 cm³/mol. The van der Waals surface area contributed by atoms with Crippen molar-refractivity contribution in [1.29, 1.82) is 0 Å². The van der Waals surface area contributed by atoms with Crippen molar-refractivity contribution < 1.29 is 9.13 Å². The maximum Gasteiger partial charge on any atom is 0.276 e. The molecule has 2 atom stereocenters. The molecular weight excluding hydrogens is 256 g/mol. The first-order valence-corrected chi connectivity index (χ1v) is 7.06. The summed E-state index contributed by atoms with van der Waals surface area (Å²) >= 11 is 0. The standard InChI is InChI=1S/C10H16N4O3S/c1-7(6-18(3)17)12-10-5-8(14(15)16)4-9(11-2)13-10/h4-5,7H,6H2,1-3H3,(H2,11,12,13). The van der Waals surface area contributed by atoms with E-state index in [1.165, 1.54) is 12.1 Å². The number of hydrogen-bond acceptors (Lipinski definition) is 6. The number of nitrogens with one attached hydrogen (secondary N) is 2. The molecule has 0 radical (unpaired) electrons. The van der Waals surface area contributed by atoms with Crippen LogP contribution in [0.25, 0.3) is 0 Å². The number of rotatable bonds is 6. The van der Waals surface area contributed by atoms with E-state index in [1.54, 1.807) is 13.3 Å². The molecule has 0 aliphatic heterocycles. The summed E-state index contributed by atoms with van der Waals surface area (Å²) in [5, 5.41) is 16.5. The molecule has 2 N–H and O–H groups in total. The van der Waals surface area contributed by atoms with E-state index in [-0.39, 0.29) is 11.7 Å². The van der Waals surface area contributed by atoms with Gasteiger partial charge in [-0.25, -0.2) is 4.98 Å². The third-order valence-corrected chi connectivity index (χ3v) is 3.13. The molecule has 0 amide bonds. The molecule has 0 fully saturated rings. The summed E-state index contributed by atoms with van der Waals surface area (Å²) in [5.41, 5.74) is -0.0401. The van der Waals surface area contributed by atoms with Gasteiger partial charge in [0.2, 0.25) is 0 Å². The normalized spacial score (nSPS) is 13.7. The Kier molecular flexibility index (Phi) is 5.02. The maximum absolute atomic E-state index is 11.1. The van der Waals surface area contributed by atoms with Crippen LogP contribution in [0.2, 0.25) is 0 Å². The number of hydrogen-bond donors (Lipinski definition) is 2. The Hall–Kier alpha value is -1.70. The third-order valence-electron chi connectivity index (χ3n) is 2.16. The molecular formula is C10H16N4O3S. The minimum atomic E-state index is -0.930. The van der Waals surface area contributed by atoms with Gasteiger partial charge in [0.25, 0.3) is 5.69 Å². The van der Waals surface area contributed by atoms with Crippen LogP contribution in [-0.4, -0.2) is 39.2 Å².